The fourth-order valence-electron chi connectivity index (χ4n) is 8.85. The largest absolute Gasteiger partial charge is 4.00 e. The molecular formula is C54H46ClN2O4SiZr+3. The van der Waals surface area contributed by atoms with E-state index in [1.807, 2.05) is 97.1 Å². The van der Waals surface area contributed by atoms with Crippen molar-refractivity contribution >= 4 is 51.7 Å². The van der Waals surface area contributed by atoms with Gasteiger partial charge >= 0.3 is 26.2 Å². The van der Waals surface area contributed by atoms with Crippen molar-refractivity contribution in [2.75, 3.05) is 12.5 Å². The SMILES string of the molecule is Cc1cc(-c2ccccc2OC[Si](C)(C)COc2ccccc2-c2cc(C)cc(-n3c4ccccc4c4ccccc43)c2O)c(O)c(-n2c3ccccc3c3ccccc32)c1.[Cl-].[Zr+4]. The predicted molar refractivity (Wildman–Crippen MR) is 254 cm³/mol. The smallest absolute Gasteiger partial charge is 1.00 e. The van der Waals surface area contributed by atoms with E-state index in [0.29, 0.717) is 24.0 Å². The van der Waals surface area contributed by atoms with Crippen LogP contribution in [0.2, 0.25) is 13.1 Å². The van der Waals surface area contributed by atoms with E-state index in [1.165, 1.54) is 0 Å². The van der Waals surface area contributed by atoms with Crippen molar-refractivity contribution < 1.29 is 58.3 Å². The van der Waals surface area contributed by atoms with E-state index < -0.39 is 8.07 Å². The van der Waals surface area contributed by atoms with E-state index in [1.54, 1.807) is 0 Å². The second-order valence-corrected chi connectivity index (χ2v) is 21.7. The monoisotopic (exact) mass is 939 g/mol. The number of ether oxygens (including phenoxy) is 2. The predicted octanol–water partition coefficient (Wildman–Crippen LogP) is 10.5. The number of aromatic nitrogens is 2. The van der Waals surface area contributed by atoms with Gasteiger partial charge < -0.3 is 41.2 Å². The number of halogens is 1. The maximum Gasteiger partial charge on any atom is 4.00 e. The molecule has 0 saturated heterocycles. The minimum absolute atomic E-state index is 0. The van der Waals surface area contributed by atoms with Crippen molar-refractivity contribution in [3.63, 3.8) is 0 Å². The van der Waals surface area contributed by atoms with Crippen LogP contribution in [-0.2, 0) is 26.2 Å². The molecular weight excluding hydrogens is 895 g/mol. The Morgan fingerprint density at radius 2 is 0.730 bits per heavy atom. The van der Waals surface area contributed by atoms with Crippen molar-refractivity contribution in [2.45, 2.75) is 26.9 Å². The van der Waals surface area contributed by atoms with Crippen LogP contribution in [0, 0.1) is 13.8 Å². The molecule has 2 aromatic heterocycles. The fraction of sp³-hybridized carbons (Fsp3) is 0.111. The second-order valence-electron chi connectivity index (χ2n) is 16.8. The average Bonchev–Trinajstić information content (AvgIpc) is 3.80. The summed E-state index contributed by atoms with van der Waals surface area (Å²) in [6, 6.07) is 57.4. The number of rotatable bonds is 10. The first kappa shape index (κ1) is 43.6. The normalized spacial score (nSPS) is 11.5. The molecule has 0 aliphatic carbocycles. The van der Waals surface area contributed by atoms with Crippen molar-refractivity contribution in [1.29, 1.82) is 0 Å². The molecule has 0 bridgehead atoms. The number of aryl methyl sites for hydroxylation is 2. The minimum atomic E-state index is -2.17. The summed E-state index contributed by atoms with van der Waals surface area (Å²) in [5.41, 5.74) is 10.8. The molecule has 6 nitrogen and oxygen atoms in total. The maximum absolute atomic E-state index is 12.1. The van der Waals surface area contributed by atoms with Crippen LogP contribution in [0.4, 0.5) is 0 Å². The van der Waals surface area contributed by atoms with Crippen LogP contribution < -0.4 is 21.9 Å². The van der Waals surface area contributed by atoms with Gasteiger partial charge in [-0.05, 0) is 85.6 Å². The second kappa shape index (κ2) is 17.6. The third-order valence-electron chi connectivity index (χ3n) is 11.7. The van der Waals surface area contributed by atoms with E-state index >= 15 is 0 Å². The third-order valence-corrected chi connectivity index (χ3v) is 13.6. The van der Waals surface area contributed by atoms with Gasteiger partial charge in [-0.2, -0.15) is 0 Å². The summed E-state index contributed by atoms with van der Waals surface area (Å²) < 4.78 is 17.7. The van der Waals surface area contributed by atoms with Gasteiger partial charge in [0.2, 0.25) is 0 Å². The summed E-state index contributed by atoms with van der Waals surface area (Å²) in [4.78, 5) is 0. The van der Waals surface area contributed by atoms with Crippen LogP contribution in [0.3, 0.4) is 0 Å². The summed E-state index contributed by atoms with van der Waals surface area (Å²) in [5.74, 6) is 1.82. The molecule has 0 unspecified atom stereocenters. The summed E-state index contributed by atoms with van der Waals surface area (Å²) >= 11 is 0. The molecule has 0 saturated carbocycles. The molecule has 0 spiro atoms. The Labute approximate surface area is 393 Å². The molecule has 0 amide bonds. The van der Waals surface area contributed by atoms with Gasteiger partial charge in [0.15, 0.2) is 0 Å². The van der Waals surface area contributed by atoms with Crippen LogP contribution in [0.1, 0.15) is 11.1 Å². The molecule has 0 aliphatic rings. The number of phenolic OH excluding ortho intramolecular Hbond substituents is 2. The molecule has 8 aromatic carbocycles. The summed E-state index contributed by atoms with van der Waals surface area (Å²) in [7, 11) is -2.17. The van der Waals surface area contributed by atoms with Crippen molar-refractivity contribution in [2.24, 2.45) is 0 Å². The van der Waals surface area contributed by atoms with Gasteiger partial charge in [-0.15, -0.1) is 0 Å². The number of aromatic hydroxyl groups is 2. The molecule has 10 aromatic rings. The van der Waals surface area contributed by atoms with Crippen molar-refractivity contribution in [3.05, 3.63) is 181 Å². The summed E-state index contributed by atoms with van der Waals surface area (Å²) in [6.45, 7) is 8.65. The standard InChI is InChI=1S/C54H46N2O4Si.ClH.Zr/c1-35-29-43(53(57)49(31-35)55-45-23-11-5-17-37(45)38-18-6-12-24-46(38)55)41-21-9-15-27-51(41)59-33-61(3,4)34-60-52-28-16-10-22-42(52)44-30-36(2)32-50(54(44)58)56-47-25-13-7-19-39(47)40-20-8-14-26-48(40)56;;/h5-32,57-58H,33-34H2,1-4H3;1H;/q;;+4/p-1. The van der Waals surface area contributed by atoms with Crippen LogP contribution in [-0.4, -0.2) is 39.9 Å². The van der Waals surface area contributed by atoms with E-state index in [4.69, 9.17) is 9.47 Å². The Balaban J connectivity index is 0.00000272. The van der Waals surface area contributed by atoms with Gasteiger partial charge in [0, 0.05) is 43.8 Å². The number of hydrogen-bond donors (Lipinski definition) is 2. The van der Waals surface area contributed by atoms with Crippen molar-refractivity contribution in [1.82, 2.24) is 9.13 Å². The van der Waals surface area contributed by atoms with Crippen LogP contribution in [0.15, 0.2) is 170 Å². The van der Waals surface area contributed by atoms with Gasteiger partial charge in [-0.3, -0.25) is 0 Å². The van der Waals surface area contributed by atoms with Gasteiger partial charge in [-0.25, -0.2) is 0 Å². The zero-order valence-electron chi connectivity index (χ0n) is 35.6. The Morgan fingerprint density at radius 3 is 1.08 bits per heavy atom. The zero-order valence-corrected chi connectivity index (χ0v) is 39.8. The average molecular weight is 942 g/mol. The van der Waals surface area contributed by atoms with Gasteiger partial charge in [0.1, 0.15) is 31.1 Å². The van der Waals surface area contributed by atoms with Gasteiger partial charge in [-0.1, -0.05) is 122 Å². The van der Waals surface area contributed by atoms with E-state index in [0.717, 1.165) is 88.4 Å². The molecule has 63 heavy (non-hydrogen) atoms. The van der Waals surface area contributed by atoms with Gasteiger partial charge in [0.05, 0.1) is 45.9 Å². The molecule has 2 N–H and O–H groups in total. The first-order valence-electron chi connectivity index (χ1n) is 20.8. The fourth-order valence-corrected chi connectivity index (χ4v) is 10.0. The molecule has 0 radical (unpaired) electrons. The number of phenols is 2. The quantitative estimate of drug-likeness (QED) is 0.134. The Morgan fingerprint density at radius 1 is 0.429 bits per heavy atom. The number of nitrogens with zero attached hydrogens (tertiary/aromatic N) is 2. The number of fused-ring (bicyclic) bond motifs is 6. The van der Waals surface area contributed by atoms with E-state index in [-0.39, 0.29) is 50.1 Å². The molecule has 308 valence electrons. The summed E-state index contributed by atoms with van der Waals surface area (Å²) in [5, 5.41) is 28.8. The minimum Gasteiger partial charge on any atom is -1.00 e. The molecule has 0 aliphatic heterocycles. The number of hydrogen-bond acceptors (Lipinski definition) is 4. The molecule has 9 heteroatoms. The Kier molecular flexibility index (Phi) is 12.2. The Bertz CT molecular complexity index is 2990. The maximum atomic E-state index is 12.1. The van der Waals surface area contributed by atoms with Crippen molar-refractivity contribution in [3.8, 4) is 56.6 Å². The molecule has 0 atom stereocenters. The zero-order chi connectivity index (χ0) is 41.8. The first-order chi connectivity index (χ1) is 29.7. The van der Waals surface area contributed by atoms with E-state index in [2.05, 4.69) is 109 Å². The van der Waals surface area contributed by atoms with Gasteiger partial charge in [0.25, 0.3) is 0 Å². The Hall–Kier alpha value is -6.05. The van der Waals surface area contributed by atoms with Crippen LogP contribution in [0.5, 0.6) is 23.0 Å². The van der Waals surface area contributed by atoms with Crippen LogP contribution >= 0.6 is 0 Å². The third kappa shape index (κ3) is 7.86. The number of benzene rings is 8. The first-order valence-corrected chi connectivity index (χ1v) is 24.2. The molecule has 2 heterocycles. The summed E-state index contributed by atoms with van der Waals surface area (Å²) in [6.07, 6.45) is 0.984. The molecule has 0 fully saturated rings. The van der Waals surface area contributed by atoms with Crippen LogP contribution in [0.25, 0.3) is 77.2 Å². The van der Waals surface area contributed by atoms with E-state index in [9.17, 15) is 10.2 Å². The topological polar surface area (TPSA) is 68.8 Å². The molecule has 10 rings (SSSR count). The number of para-hydroxylation sites is 6.